The van der Waals surface area contributed by atoms with E-state index < -0.39 is 42.5 Å². The molecule has 0 spiro atoms. The summed E-state index contributed by atoms with van der Waals surface area (Å²) < 4.78 is 68.2. The number of halogens is 5. The fraction of sp³-hybridized carbons (Fsp3) is 0.538. The standard InChI is InChI=1S/C13H13F5O3/c14-10(15)5-21-9-2-1-8(13(16,17)18)11-7(9)3-4-12(11,20)6-19/h1-2,10,19-20H,3-6H2. The predicted octanol–water partition coefficient (Wildman–Crippen LogP) is 2.48. The van der Waals surface area contributed by atoms with Gasteiger partial charge in [0.2, 0.25) is 0 Å². The van der Waals surface area contributed by atoms with Crippen molar-refractivity contribution in [2.24, 2.45) is 0 Å². The summed E-state index contributed by atoms with van der Waals surface area (Å²) in [6.07, 6.45) is -7.61. The van der Waals surface area contributed by atoms with Crippen LogP contribution in [0.1, 0.15) is 23.1 Å². The normalized spacial score (nSPS) is 21.7. The van der Waals surface area contributed by atoms with Crippen molar-refractivity contribution in [1.29, 1.82) is 0 Å². The lowest BCUT2D eigenvalue weighted by Crippen LogP contribution is -2.30. The number of rotatable bonds is 4. The third-order valence-corrected chi connectivity index (χ3v) is 3.46. The van der Waals surface area contributed by atoms with Gasteiger partial charge in [-0.05, 0) is 25.0 Å². The van der Waals surface area contributed by atoms with Crippen molar-refractivity contribution in [2.75, 3.05) is 13.2 Å². The average Bonchev–Trinajstić information content (AvgIpc) is 2.74. The molecule has 1 aromatic carbocycles. The van der Waals surface area contributed by atoms with Crippen molar-refractivity contribution in [3.63, 3.8) is 0 Å². The van der Waals surface area contributed by atoms with Crippen LogP contribution in [-0.4, -0.2) is 29.9 Å². The van der Waals surface area contributed by atoms with Crippen molar-refractivity contribution in [3.05, 3.63) is 28.8 Å². The van der Waals surface area contributed by atoms with Crippen molar-refractivity contribution in [3.8, 4) is 5.75 Å². The van der Waals surface area contributed by atoms with Crippen LogP contribution < -0.4 is 4.74 Å². The van der Waals surface area contributed by atoms with Crippen LogP contribution in [0.25, 0.3) is 0 Å². The fourth-order valence-corrected chi connectivity index (χ4v) is 2.55. The first-order chi connectivity index (χ1) is 9.69. The van der Waals surface area contributed by atoms with Crippen molar-refractivity contribution in [2.45, 2.75) is 31.0 Å². The highest BCUT2D eigenvalue weighted by Gasteiger charge is 2.46. The van der Waals surface area contributed by atoms with Crippen molar-refractivity contribution in [1.82, 2.24) is 0 Å². The molecular formula is C13H13F5O3. The Balaban J connectivity index is 2.52. The number of hydrogen-bond acceptors (Lipinski definition) is 3. The van der Waals surface area contributed by atoms with Gasteiger partial charge in [0.25, 0.3) is 6.43 Å². The molecule has 0 radical (unpaired) electrons. The summed E-state index contributed by atoms with van der Waals surface area (Å²) in [6.45, 7) is -1.84. The molecule has 2 rings (SSSR count). The van der Waals surface area contributed by atoms with Gasteiger partial charge in [-0.1, -0.05) is 0 Å². The van der Waals surface area contributed by atoms with E-state index in [0.717, 1.165) is 6.07 Å². The Labute approximate surface area is 117 Å². The summed E-state index contributed by atoms with van der Waals surface area (Å²) in [5.74, 6) is -0.123. The molecule has 0 fully saturated rings. The first kappa shape index (κ1) is 16.0. The highest BCUT2D eigenvalue weighted by Crippen LogP contribution is 2.47. The quantitative estimate of drug-likeness (QED) is 0.840. The number of benzene rings is 1. The molecule has 0 aromatic heterocycles. The number of fused-ring (bicyclic) bond motifs is 1. The second-order valence-electron chi connectivity index (χ2n) is 4.85. The Morgan fingerprint density at radius 2 is 1.95 bits per heavy atom. The van der Waals surface area contributed by atoms with Crippen LogP contribution in [0.2, 0.25) is 0 Å². The van der Waals surface area contributed by atoms with Crippen LogP contribution in [0.4, 0.5) is 22.0 Å². The zero-order valence-corrected chi connectivity index (χ0v) is 10.8. The first-order valence-electron chi connectivity index (χ1n) is 6.17. The van der Waals surface area contributed by atoms with Crippen molar-refractivity contribution >= 4 is 0 Å². The van der Waals surface area contributed by atoms with Crippen LogP contribution in [0.3, 0.4) is 0 Å². The maximum absolute atomic E-state index is 13.0. The fourth-order valence-electron chi connectivity index (χ4n) is 2.55. The lowest BCUT2D eigenvalue weighted by molar-refractivity contribution is -0.141. The van der Waals surface area contributed by atoms with Crippen LogP contribution in [-0.2, 0) is 18.2 Å². The number of hydrogen-bond donors (Lipinski definition) is 2. The Hall–Kier alpha value is -1.41. The van der Waals surface area contributed by atoms with E-state index in [0.29, 0.717) is 6.07 Å². The Bertz CT molecular complexity index is 529. The summed E-state index contributed by atoms with van der Waals surface area (Å²) in [5, 5.41) is 19.3. The summed E-state index contributed by atoms with van der Waals surface area (Å²) in [4.78, 5) is 0. The van der Waals surface area contributed by atoms with Crippen LogP contribution in [0.15, 0.2) is 12.1 Å². The van der Waals surface area contributed by atoms with Gasteiger partial charge < -0.3 is 14.9 Å². The molecular weight excluding hydrogens is 299 g/mol. The van der Waals surface area contributed by atoms with Gasteiger partial charge in [-0.3, -0.25) is 0 Å². The SMILES string of the molecule is OCC1(O)CCc2c(OCC(F)F)ccc(C(F)(F)F)c21. The summed E-state index contributed by atoms with van der Waals surface area (Å²) in [5.41, 5.74) is -3.59. The minimum absolute atomic E-state index is 0.00881. The Morgan fingerprint density at radius 3 is 2.48 bits per heavy atom. The molecule has 0 bridgehead atoms. The number of ether oxygens (including phenoxy) is 1. The van der Waals surface area contributed by atoms with Crippen molar-refractivity contribution < 1.29 is 36.9 Å². The molecule has 3 nitrogen and oxygen atoms in total. The average molecular weight is 312 g/mol. The van der Waals surface area contributed by atoms with Gasteiger partial charge in [0, 0.05) is 11.1 Å². The van der Waals surface area contributed by atoms with Gasteiger partial charge in [0.1, 0.15) is 18.0 Å². The molecule has 1 atom stereocenters. The highest BCUT2D eigenvalue weighted by molar-refractivity contribution is 5.52. The summed E-state index contributed by atoms with van der Waals surface area (Å²) >= 11 is 0. The molecule has 0 aliphatic heterocycles. The van der Waals surface area contributed by atoms with E-state index >= 15 is 0 Å². The molecule has 1 aliphatic carbocycles. The zero-order chi connectivity index (χ0) is 15.8. The lowest BCUT2D eigenvalue weighted by atomic mass is 9.91. The molecule has 1 unspecified atom stereocenters. The number of alkyl halides is 5. The molecule has 1 aromatic rings. The van der Waals surface area contributed by atoms with Crippen LogP contribution in [0, 0.1) is 0 Å². The van der Waals surface area contributed by atoms with E-state index in [4.69, 9.17) is 4.74 Å². The molecule has 0 saturated carbocycles. The van der Waals surface area contributed by atoms with E-state index in [2.05, 4.69) is 0 Å². The minimum atomic E-state index is -4.72. The second-order valence-corrected chi connectivity index (χ2v) is 4.85. The Morgan fingerprint density at radius 1 is 1.29 bits per heavy atom. The molecule has 8 heteroatoms. The molecule has 2 N–H and O–H groups in total. The Kier molecular flexibility index (Phi) is 4.12. The van der Waals surface area contributed by atoms with Crippen LogP contribution >= 0.6 is 0 Å². The highest BCUT2D eigenvalue weighted by atomic mass is 19.4. The van der Waals surface area contributed by atoms with E-state index in [1.54, 1.807) is 0 Å². The van der Waals surface area contributed by atoms with Crippen LogP contribution in [0.5, 0.6) is 5.75 Å². The third-order valence-electron chi connectivity index (χ3n) is 3.46. The van der Waals surface area contributed by atoms with Gasteiger partial charge in [0.15, 0.2) is 0 Å². The van der Waals surface area contributed by atoms with E-state index in [1.165, 1.54) is 0 Å². The second kappa shape index (κ2) is 5.42. The van der Waals surface area contributed by atoms with Gasteiger partial charge >= 0.3 is 6.18 Å². The predicted molar refractivity (Wildman–Crippen MR) is 62.2 cm³/mol. The summed E-state index contributed by atoms with van der Waals surface area (Å²) in [7, 11) is 0. The monoisotopic (exact) mass is 312 g/mol. The lowest BCUT2D eigenvalue weighted by Gasteiger charge is -2.25. The minimum Gasteiger partial charge on any atom is -0.487 e. The topological polar surface area (TPSA) is 49.7 Å². The van der Waals surface area contributed by atoms with Gasteiger partial charge in [-0.25, -0.2) is 8.78 Å². The third kappa shape index (κ3) is 2.96. The largest absolute Gasteiger partial charge is 0.487 e. The number of aliphatic hydroxyl groups is 2. The van der Waals surface area contributed by atoms with E-state index in [9.17, 15) is 32.2 Å². The van der Waals surface area contributed by atoms with E-state index in [-0.39, 0.29) is 24.2 Å². The molecule has 0 saturated heterocycles. The van der Waals surface area contributed by atoms with Gasteiger partial charge in [-0.15, -0.1) is 0 Å². The molecule has 118 valence electrons. The van der Waals surface area contributed by atoms with Gasteiger partial charge in [0.05, 0.1) is 12.2 Å². The zero-order valence-electron chi connectivity index (χ0n) is 10.8. The molecule has 0 amide bonds. The maximum Gasteiger partial charge on any atom is 0.416 e. The van der Waals surface area contributed by atoms with Gasteiger partial charge in [-0.2, -0.15) is 13.2 Å². The van der Waals surface area contributed by atoms with E-state index in [1.807, 2.05) is 0 Å². The molecule has 1 aliphatic rings. The maximum atomic E-state index is 13.0. The number of aliphatic hydroxyl groups excluding tert-OH is 1. The summed E-state index contributed by atoms with van der Waals surface area (Å²) in [6, 6.07) is 1.64. The smallest absolute Gasteiger partial charge is 0.416 e. The first-order valence-corrected chi connectivity index (χ1v) is 6.17. The molecule has 0 heterocycles. The molecule has 21 heavy (non-hydrogen) atoms.